The van der Waals surface area contributed by atoms with Gasteiger partial charge in [-0.1, -0.05) is 11.8 Å². The number of fused-ring (bicyclic) bond motifs is 1. The molecule has 6 heteroatoms. The van der Waals surface area contributed by atoms with E-state index in [0.717, 1.165) is 40.2 Å². The number of aromatic nitrogens is 2. The molecular formula is C16H20N2O3S. The van der Waals surface area contributed by atoms with Crippen molar-refractivity contribution in [2.24, 2.45) is 0 Å². The van der Waals surface area contributed by atoms with Gasteiger partial charge in [-0.25, -0.2) is 4.98 Å². The molecule has 0 fully saturated rings. The van der Waals surface area contributed by atoms with E-state index in [0.29, 0.717) is 19.0 Å². The van der Waals surface area contributed by atoms with E-state index in [4.69, 9.17) is 9.47 Å². The minimum Gasteiger partial charge on any atom is -0.490 e. The van der Waals surface area contributed by atoms with Gasteiger partial charge in [-0.2, -0.15) is 0 Å². The molecule has 0 radical (unpaired) electrons. The molecule has 3 rings (SSSR count). The van der Waals surface area contributed by atoms with Crippen LogP contribution in [0.4, 0.5) is 0 Å². The summed E-state index contributed by atoms with van der Waals surface area (Å²) in [4.78, 5) is 4.68. The molecule has 0 aliphatic carbocycles. The lowest BCUT2D eigenvalue weighted by Crippen LogP contribution is -2.02. The Morgan fingerprint density at radius 2 is 2.00 bits per heavy atom. The van der Waals surface area contributed by atoms with Crippen LogP contribution >= 0.6 is 11.8 Å². The number of rotatable bonds is 6. The molecule has 0 saturated heterocycles. The van der Waals surface area contributed by atoms with Crippen LogP contribution < -0.4 is 9.47 Å². The van der Waals surface area contributed by atoms with E-state index in [-0.39, 0.29) is 6.61 Å². The number of aliphatic hydroxyl groups excluding tert-OH is 1. The highest BCUT2D eigenvalue weighted by Crippen LogP contribution is 2.37. The molecule has 0 bridgehead atoms. The predicted octanol–water partition coefficient (Wildman–Crippen LogP) is 2.95. The highest BCUT2D eigenvalue weighted by Gasteiger charge is 2.22. The highest BCUT2D eigenvalue weighted by atomic mass is 32.2. The van der Waals surface area contributed by atoms with Crippen LogP contribution in [0.5, 0.6) is 11.5 Å². The molecule has 5 nitrogen and oxygen atoms in total. The van der Waals surface area contributed by atoms with Crippen LogP contribution in [0.25, 0.3) is 11.3 Å². The Balaban J connectivity index is 2.03. The van der Waals surface area contributed by atoms with Crippen LogP contribution in [0, 0.1) is 0 Å². The maximum atomic E-state index is 9.72. The lowest BCUT2D eigenvalue weighted by molar-refractivity contribution is 0.271. The second-order valence-electron chi connectivity index (χ2n) is 4.88. The Kier molecular flexibility index (Phi) is 4.59. The minimum absolute atomic E-state index is 0.0138. The van der Waals surface area contributed by atoms with E-state index in [1.807, 2.05) is 32.0 Å². The van der Waals surface area contributed by atoms with E-state index < -0.39 is 0 Å². The summed E-state index contributed by atoms with van der Waals surface area (Å²) in [7, 11) is 0. The van der Waals surface area contributed by atoms with E-state index in [2.05, 4.69) is 9.55 Å². The van der Waals surface area contributed by atoms with Crippen molar-refractivity contribution in [3.63, 3.8) is 0 Å². The Morgan fingerprint density at radius 1 is 1.23 bits per heavy atom. The molecule has 1 aromatic carbocycles. The van der Waals surface area contributed by atoms with Crippen LogP contribution in [0.1, 0.15) is 19.5 Å². The maximum Gasteiger partial charge on any atom is 0.168 e. The average Bonchev–Trinajstić information content (AvgIpc) is 3.09. The van der Waals surface area contributed by atoms with E-state index in [1.54, 1.807) is 11.8 Å². The SMILES string of the molecule is CCOc1ccc(-c2nc3n(c2CO)CCS3)cc1OCC. The van der Waals surface area contributed by atoms with E-state index in [1.165, 1.54) is 0 Å². The smallest absolute Gasteiger partial charge is 0.168 e. The fourth-order valence-electron chi connectivity index (χ4n) is 2.62. The van der Waals surface area contributed by atoms with Crippen LogP contribution in [-0.4, -0.2) is 33.6 Å². The van der Waals surface area contributed by atoms with Gasteiger partial charge in [0.05, 0.1) is 31.2 Å². The number of imidazole rings is 1. The normalized spacial score (nSPS) is 13.2. The number of hydrogen-bond donors (Lipinski definition) is 1. The minimum atomic E-state index is -0.0138. The molecule has 0 atom stereocenters. The zero-order valence-corrected chi connectivity index (χ0v) is 13.7. The van der Waals surface area contributed by atoms with Crippen molar-refractivity contribution >= 4 is 11.8 Å². The summed E-state index contributed by atoms with van der Waals surface area (Å²) in [5, 5.41) is 10.7. The fraction of sp³-hybridized carbons (Fsp3) is 0.438. The van der Waals surface area contributed by atoms with Crippen molar-refractivity contribution in [1.82, 2.24) is 9.55 Å². The summed E-state index contributed by atoms with van der Waals surface area (Å²) in [6.45, 7) is 5.95. The molecule has 1 aliphatic heterocycles. The average molecular weight is 320 g/mol. The molecule has 0 amide bonds. The molecule has 2 heterocycles. The van der Waals surface area contributed by atoms with Gasteiger partial charge in [0.2, 0.25) is 0 Å². The fourth-order valence-corrected chi connectivity index (χ4v) is 3.59. The number of thioether (sulfide) groups is 1. The summed E-state index contributed by atoms with van der Waals surface area (Å²) in [5.41, 5.74) is 2.64. The van der Waals surface area contributed by atoms with E-state index >= 15 is 0 Å². The number of nitrogens with zero attached hydrogens (tertiary/aromatic N) is 2. The first kappa shape index (κ1) is 15.2. The first-order valence-corrected chi connectivity index (χ1v) is 8.50. The van der Waals surface area contributed by atoms with Gasteiger partial charge in [0, 0.05) is 17.9 Å². The molecule has 0 spiro atoms. The third-order valence-electron chi connectivity index (χ3n) is 3.55. The van der Waals surface area contributed by atoms with Crippen molar-refractivity contribution in [3.8, 4) is 22.8 Å². The van der Waals surface area contributed by atoms with Crippen LogP contribution in [-0.2, 0) is 13.2 Å². The van der Waals surface area contributed by atoms with Gasteiger partial charge in [0.1, 0.15) is 0 Å². The first-order valence-electron chi connectivity index (χ1n) is 7.51. The second-order valence-corrected chi connectivity index (χ2v) is 5.94. The summed E-state index contributed by atoms with van der Waals surface area (Å²) in [6.07, 6.45) is 0. The van der Waals surface area contributed by atoms with Crippen molar-refractivity contribution in [1.29, 1.82) is 0 Å². The maximum absolute atomic E-state index is 9.72. The summed E-state index contributed by atoms with van der Waals surface area (Å²) >= 11 is 1.72. The van der Waals surface area contributed by atoms with Crippen LogP contribution in [0.2, 0.25) is 0 Å². The van der Waals surface area contributed by atoms with Gasteiger partial charge < -0.3 is 19.1 Å². The summed E-state index contributed by atoms with van der Waals surface area (Å²) in [5.74, 6) is 2.47. The largest absolute Gasteiger partial charge is 0.490 e. The van der Waals surface area contributed by atoms with E-state index in [9.17, 15) is 5.11 Å². The number of benzene rings is 1. The Hall–Kier alpha value is -1.66. The third kappa shape index (κ3) is 2.68. The number of aliphatic hydroxyl groups is 1. The lowest BCUT2D eigenvalue weighted by atomic mass is 10.1. The Morgan fingerprint density at radius 3 is 2.73 bits per heavy atom. The van der Waals surface area contributed by atoms with Gasteiger partial charge in [0.25, 0.3) is 0 Å². The van der Waals surface area contributed by atoms with Gasteiger partial charge >= 0.3 is 0 Å². The van der Waals surface area contributed by atoms with Crippen molar-refractivity contribution in [2.45, 2.75) is 32.2 Å². The van der Waals surface area contributed by atoms with Gasteiger partial charge in [-0.15, -0.1) is 0 Å². The molecule has 118 valence electrons. The third-order valence-corrected chi connectivity index (χ3v) is 4.51. The highest BCUT2D eigenvalue weighted by molar-refractivity contribution is 7.99. The molecular weight excluding hydrogens is 300 g/mol. The van der Waals surface area contributed by atoms with Gasteiger partial charge in [0.15, 0.2) is 16.7 Å². The van der Waals surface area contributed by atoms with Crippen molar-refractivity contribution in [3.05, 3.63) is 23.9 Å². The summed E-state index contributed by atoms with van der Waals surface area (Å²) < 4.78 is 13.4. The molecule has 1 aliphatic rings. The summed E-state index contributed by atoms with van der Waals surface area (Å²) in [6, 6.07) is 5.81. The van der Waals surface area contributed by atoms with Gasteiger partial charge in [-0.05, 0) is 32.0 Å². The number of ether oxygens (including phenoxy) is 2. The first-order chi connectivity index (χ1) is 10.8. The molecule has 1 aromatic heterocycles. The van der Waals surface area contributed by atoms with Crippen LogP contribution in [0.15, 0.2) is 23.4 Å². The molecule has 0 saturated carbocycles. The van der Waals surface area contributed by atoms with Gasteiger partial charge in [-0.3, -0.25) is 0 Å². The predicted molar refractivity (Wildman–Crippen MR) is 86.6 cm³/mol. The monoisotopic (exact) mass is 320 g/mol. The Labute approximate surface area is 134 Å². The molecule has 2 aromatic rings. The Bertz CT molecular complexity index is 670. The zero-order chi connectivity index (χ0) is 15.5. The lowest BCUT2D eigenvalue weighted by Gasteiger charge is -2.12. The zero-order valence-electron chi connectivity index (χ0n) is 12.8. The van der Waals surface area contributed by atoms with Crippen molar-refractivity contribution in [2.75, 3.05) is 19.0 Å². The topological polar surface area (TPSA) is 56.5 Å². The quantitative estimate of drug-likeness (QED) is 0.887. The van der Waals surface area contributed by atoms with Crippen LogP contribution in [0.3, 0.4) is 0 Å². The molecule has 22 heavy (non-hydrogen) atoms. The van der Waals surface area contributed by atoms with Crippen molar-refractivity contribution < 1.29 is 14.6 Å². The molecule has 0 unspecified atom stereocenters. The standard InChI is InChI=1S/C16H20N2O3S/c1-3-20-13-6-5-11(9-14(13)21-4-2)15-12(10-19)18-7-8-22-16(18)17-15/h5-6,9,19H,3-4,7-8,10H2,1-2H3. The number of hydrogen-bond acceptors (Lipinski definition) is 5. The molecule has 1 N–H and O–H groups in total. The second kappa shape index (κ2) is 6.62.